The summed E-state index contributed by atoms with van der Waals surface area (Å²) in [6.07, 6.45) is 7.48. The lowest BCUT2D eigenvalue weighted by atomic mass is 9.82. The first-order valence-corrected chi connectivity index (χ1v) is 9.43. The van der Waals surface area contributed by atoms with Gasteiger partial charge in [-0.05, 0) is 42.5 Å². The fourth-order valence-corrected chi connectivity index (χ4v) is 4.00. The van der Waals surface area contributed by atoms with Gasteiger partial charge in [-0.15, -0.1) is 0 Å². The van der Waals surface area contributed by atoms with E-state index in [9.17, 15) is 14.4 Å². The van der Waals surface area contributed by atoms with Gasteiger partial charge in [-0.1, -0.05) is 19.3 Å². The number of ketones is 1. The first-order chi connectivity index (χ1) is 12.6. The number of nitrogens with zero attached hydrogens (tertiary/aromatic N) is 1. The van der Waals surface area contributed by atoms with Crippen molar-refractivity contribution in [2.24, 2.45) is 0 Å². The van der Waals surface area contributed by atoms with Gasteiger partial charge in [0.1, 0.15) is 5.78 Å². The summed E-state index contributed by atoms with van der Waals surface area (Å²) in [7, 11) is 0. The molecule has 2 aliphatic rings. The standard InChI is InChI=1S/C20H26N2O4/c23-13-18(20(25)26)21-15-6-7-19(22-10-8-16(24)9-11-22)17(12-15)14-4-2-1-3-5-14/h6-7,12-14,18,21H,1-5,8-11H2,(H,25,26). The third-order valence-electron chi connectivity index (χ3n) is 5.46. The summed E-state index contributed by atoms with van der Waals surface area (Å²) in [5.74, 6) is -0.426. The van der Waals surface area contributed by atoms with Crippen molar-refractivity contribution in [1.82, 2.24) is 0 Å². The molecule has 1 saturated heterocycles. The fraction of sp³-hybridized carbons (Fsp3) is 0.550. The maximum Gasteiger partial charge on any atom is 0.333 e. The molecule has 1 aromatic carbocycles. The number of rotatable bonds is 6. The summed E-state index contributed by atoms with van der Waals surface area (Å²) >= 11 is 0. The number of hydrogen-bond donors (Lipinski definition) is 2. The van der Waals surface area contributed by atoms with Gasteiger partial charge in [0.05, 0.1) is 0 Å². The van der Waals surface area contributed by atoms with Gasteiger partial charge in [-0.3, -0.25) is 4.79 Å². The number of aliphatic carboxylic acids is 1. The maximum atomic E-state index is 11.6. The Hall–Kier alpha value is -2.37. The molecule has 6 heteroatoms. The molecule has 0 bridgehead atoms. The Balaban J connectivity index is 1.89. The van der Waals surface area contributed by atoms with Gasteiger partial charge in [0.15, 0.2) is 12.3 Å². The van der Waals surface area contributed by atoms with E-state index in [-0.39, 0.29) is 0 Å². The molecule has 1 aliphatic heterocycles. The van der Waals surface area contributed by atoms with Gasteiger partial charge >= 0.3 is 5.97 Å². The summed E-state index contributed by atoms with van der Waals surface area (Å²) in [6.45, 7) is 1.47. The summed E-state index contributed by atoms with van der Waals surface area (Å²) in [5.41, 5.74) is 3.01. The van der Waals surface area contributed by atoms with Crippen LogP contribution in [0.25, 0.3) is 0 Å². The topological polar surface area (TPSA) is 86.7 Å². The van der Waals surface area contributed by atoms with Crippen LogP contribution in [-0.4, -0.2) is 42.3 Å². The van der Waals surface area contributed by atoms with Crippen LogP contribution in [0.4, 0.5) is 11.4 Å². The van der Waals surface area contributed by atoms with Crippen LogP contribution < -0.4 is 10.2 Å². The third-order valence-corrected chi connectivity index (χ3v) is 5.46. The molecule has 0 amide bonds. The summed E-state index contributed by atoms with van der Waals surface area (Å²) in [5, 5.41) is 11.9. The molecule has 6 nitrogen and oxygen atoms in total. The Bertz CT molecular complexity index is 672. The second-order valence-electron chi connectivity index (χ2n) is 7.23. The molecule has 1 aliphatic carbocycles. The van der Waals surface area contributed by atoms with Crippen molar-refractivity contribution in [2.75, 3.05) is 23.3 Å². The summed E-state index contributed by atoms with van der Waals surface area (Å²) in [4.78, 5) is 36.0. The molecule has 3 rings (SSSR count). The second kappa shape index (κ2) is 8.34. The summed E-state index contributed by atoms with van der Waals surface area (Å²) in [6, 6.07) is 4.59. The zero-order chi connectivity index (χ0) is 18.5. The maximum absolute atomic E-state index is 11.6. The van der Waals surface area contributed by atoms with Gasteiger partial charge in [0.2, 0.25) is 0 Å². The lowest BCUT2D eigenvalue weighted by Crippen LogP contribution is -2.35. The fourth-order valence-electron chi connectivity index (χ4n) is 4.00. The van der Waals surface area contributed by atoms with Crippen molar-refractivity contribution in [3.05, 3.63) is 23.8 Å². The minimum absolute atomic E-state index is 0.314. The molecule has 140 valence electrons. The number of carboxylic acid groups (broad SMARTS) is 1. The molecule has 0 radical (unpaired) electrons. The van der Waals surface area contributed by atoms with Crippen LogP contribution in [0.15, 0.2) is 18.2 Å². The number of Topliss-reactive ketones (excluding diaryl/α,β-unsaturated/α-hetero) is 1. The van der Waals surface area contributed by atoms with Crippen LogP contribution in [0.3, 0.4) is 0 Å². The number of carboxylic acids is 1. The van der Waals surface area contributed by atoms with Gasteiger partial charge in [-0.25, -0.2) is 4.79 Å². The highest BCUT2D eigenvalue weighted by Gasteiger charge is 2.25. The van der Waals surface area contributed by atoms with Crippen LogP contribution in [-0.2, 0) is 14.4 Å². The average molecular weight is 358 g/mol. The van der Waals surface area contributed by atoms with E-state index in [1.165, 1.54) is 24.8 Å². The molecule has 0 spiro atoms. The molecule has 1 heterocycles. The zero-order valence-electron chi connectivity index (χ0n) is 14.9. The van der Waals surface area contributed by atoms with Gasteiger partial charge in [-0.2, -0.15) is 0 Å². The average Bonchev–Trinajstić information content (AvgIpc) is 2.67. The first kappa shape index (κ1) is 18.4. The first-order valence-electron chi connectivity index (χ1n) is 9.43. The number of aldehydes is 1. The van der Waals surface area contributed by atoms with Crippen molar-refractivity contribution in [1.29, 1.82) is 0 Å². The largest absolute Gasteiger partial charge is 0.479 e. The molecule has 1 unspecified atom stereocenters. The van der Waals surface area contributed by atoms with Crippen molar-refractivity contribution in [2.45, 2.75) is 56.9 Å². The molecular formula is C20H26N2O4. The number of carbonyl (C=O) groups excluding carboxylic acids is 2. The van der Waals surface area contributed by atoms with E-state index in [1.54, 1.807) is 0 Å². The van der Waals surface area contributed by atoms with Gasteiger partial charge in [0.25, 0.3) is 0 Å². The smallest absolute Gasteiger partial charge is 0.333 e. The Kier molecular flexibility index (Phi) is 5.91. The number of nitrogens with one attached hydrogen (secondary N) is 1. The van der Waals surface area contributed by atoms with Crippen LogP contribution in [0.2, 0.25) is 0 Å². The minimum atomic E-state index is -1.24. The van der Waals surface area contributed by atoms with Crippen molar-refractivity contribution in [3.8, 4) is 0 Å². The quantitative estimate of drug-likeness (QED) is 0.600. The molecular weight excluding hydrogens is 332 g/mol. The van der Waals surface area contributed by atoms with E-state index in [4.69, 9.17) is 5.11 Å². The van der Waals surface area contributed by atoms with E-state index >= 15 is 0 Å². The Morgan fingerprint density at radius 2 is 1.88 bits per heavy atom. The Labute approximate surface area is 153 Å². The Morgan fingerprint density at radius 1 is 1.19 bits per heavy atom. The van der Waals surface area contributed by atoms with Gasteiger partial charge < -0.3 is 20.1 Å². The highest BCUT2D eigenvalue weighted by molar-refractivity contribution is 5.94. The number of piperidine rings is 1. The monoisotopic (exact) mass is 358 g/mol. The number of benzene rings is 1. The molecule has 2 N–H and O–H groups in total. The SMILES string of the molecule is O=CC(Nc1ccc(N2CCC(=O)CC2)c(C2CCCCC2)c1)C(=O)O. The van der Waals surface area contributed by atoms with Crippen molar-refractivity contribution < 1.29 is 19.5 Å². The third kappa shape index (κ3) is 4.23. The van der Waals surface area contributed by atoms with Gasteiger partial charge in [0, 0.05) is 37.3 Å². The molecule has 0 aromatic heterocycles. The van der Waals surface area contributed by atoms with E-state index in [1.807, 2.05) is 18.2 Å². The van der Waals surface area contributed by atoms with E-state index in [2.05, 4.69) is 10.2 Å². The predicted octanol–water partition coefficient (Wildman–Crippen LogP) is 2.97. The molecule has 26 heavy (non-hydrogen) atoms. The molecule has 1 saturated carbocycles. The van der Waals surface area contributed by atoms with Crippen LogP contribution in [0, 0.1) is 0 Å². The molecule has 1 aromatic rings. The van der Waals surface area contributed by atoms with Crippen molar-refractivity contribution >= 4 is 29.4 Å². The molecule has 1 atom stereocenters. The lowest BCUT2D eigenvalue weighted by molar-refractivity contribution is -0.139. The van der Waals surface area contributed by atoms with Crippen LogP contribution in [0.5, 0.6) is 0 Å². The second-order valence-corrected chi connectivity index (χ2v) is 7.23. The number of hydrogen-bond acceptors (Lipinski definition) is 5. The van der Waals surface area contributed by atoms with Crippen molar-refractivity contribution in [3.63, 3.8) is 0 Å². The minimum Gasteiger partial charge on any atom is -0.479 e. The zero-order valence-corrected chi connectivity index (χ0v) is 14.9. The van der Waals surface area contributed by atoms with E-state index < -0.39 is 12.0 Å². The molecule has 2 fully saturated rings. The Morgan fingerprint density at radius 3 is 2.50 bits per heavy atom. The summed E-state index contributed by atoms with van der Waals surface area (Å²) < 4.78 is 0. The number of anilines is 2. The highest BCUT2D eigenvalue weighted by atomic mass is 16.4. The van der Waals surface area contributed by atoms with Crippen LogP contribution in [0.1, 0.15) is 56.4 Å². The predicted molar refractivity (Wildman–Crippen MR) is 99.8 cm³/mol. The van der Waals surface area contributed by atoms with E-state index in [0.29, 0.717) is 36.5 Å². The number of carbonyl (C=O) groups is 3. The lowest BCUT2D eigenvalue weighted by Gasteiger charge is -2.33. The normalized spacial score (nSPS) is 19.8. The van der Waals surface area contributed by atoms with E-state index in [0.717, 1.165) is 31.6 Å². The van der Waals surface area contributed by atoms with Crippen LogP contribution >= 0.6 is 0 Å². The highest BCUT2D eigenvalue weighted by Crippen LogP contribution is 2.39.